The number of rotatable bonds is 2. The van der Waals surface area contributed by atoms with E-state index in [1.807, 2.05) is 13.8 Å². The van der Waals surface area contributed by atoms with E-state index < -0.39 is 0 Å². The Morgan fingerprint density at radius 1 is 1.54 bits per heavy atom. The summed E-state index contributed by atoms with van der Waals surface area (Å²) in [6.07, 6.45) is 1.10. The van der Waals surface area contributed by atoms with Gasteiger partial charge in [0.15, 0.2) is 0 Å². The van der Waals surface area contributed by atoms with Gasteiger partial charge in [0.05, 0.1) is 12.5 Å². The van der Waals surface area contributed by atoms with Crippen molar-refractivity contribution < 1.29 is 9.53 Å². The Balaban J connectivity index is 2.64. The molecule has 1 atom stereocenters. The van der Waals surface area contributed by atoms with Gasteiger partial charge in [-0.2, -0.15) is 0 Å². The molecule has 1 rings (SSSR count). The lowest BCUT2D eigenvalue weighted by Gasteiger charge is -2.28. The lowest BCUT2D eigenvalue weighted by Crippen LogP contribution is -2.35. The number of hydrogen-bond donors (Lipinski definition) is 0. The van der Waals surface area contributed by atoms with E-state index in [0.29, 0.717) is 5.92 Å². The zero-order valence-electron chi connectivity index (χ0n) is 8.96. The van der Waals surface area contributed by atoms with Crippen molar-refractivity contribution in [3.8, 4) is 0 Å². The van der Waals surface area contributed by atoms with Gasteiger partial charge in [-0.15, -0.1) is 0 Å². The van der Waals surface area contributed by atoms with Crippen LogP contribution in [0.3, 0.4) is 0 Å². The van der Waals surface area contributed by atoms with Gasteiger partial charge in [0.25, 0.3) is 0 Å². The Morgan fingerprint density at radius 3 is 2.54 bits per heavy atom. The average Bonchev–Trinajstić information content (AvgIpc) is 2.50. The molecule has 0 radical (unpaired) electrons. The van der Waals surface area contributed by atoms with Gasteiger partial charge >= 0.3 is 5.97 Å². The van der Waals surface area contributed by atoms with Crippen LogP contribution < -0.4 is 0 Å². The van der Waals surface area contributed by atoms with Crippen LogP contribution in [0.25, 0.3) is 0 Å². The van der Waals surface area contributed by atoms with E-state index in [4.69, 9.17) is 4.74 Å². The van der Waals surface area contributed by atoms with Crippen molar-refractivity contribution >= 4 is 5.97 Å². The first kappa shape index (κ1) is 10.5. The fraction of sp³-hybridized carbons (Fsp3) is 0.900. The summed E-state index contributed by atoms with van der Waals surface area (Å²) in [6.45, 7) is 6.04. The number of ether oxygens (including phenoxy) is 1. The van der Waals surface area contributed by atoms with E-state index in [1.165, 1.54) is 7.11 Å². The summed E-state index contributed by atoms with van der Waals surface area (Å²) in [6, 6.07) is 0. The molecule has 0 aliphatic carbocycles. The first-order valence-corrected chi connectivity index (χ1v) is 4.75. The van der Waals surface area contributed by atoms with Crippen LogP contribution >= 0.6 is 0 Å². The monoisotopic (exact) mass is 185 g/mol. The first-order chi connectivity index (χ1) is 5.98. The highest BCUT2D eigenvalue weighted by molar-refractivity contribution is 5.76. The predicted molar refractivity (Wildman–Crippen MR) is 51.4 cm³/mol. The third-order valence-electron chi connectivity index (χ3n) is 3.12. The number of carbonyl (C=O) groups is 1. The third kappa shape index (κ3) is 2.02. The highest BCUT2D eigenvalue weighted by Gasteiger charge is 2.40. The molecule has 1 aliphatic heterocycles. The Kier molecular flexibility index (Phi) is 2.96. The zero-order chi connectivity index (χ0) is 10.1. The average molecular weight is 185 g/mol. The Bertz CT molecular complexity index is 201. The van der Waals surface area contributed by atoms with Crippen LogP contribution in [-0.2, 0) is 9.53 Å². The van der Waals surface area contributed by atoms with Crippen molar-refractivity contribution in [3.05, 3.63) is 0 Å². The lowest BCUT2D eigenvalue weighted by molar-refractivity contribution is -0.153. The van der Waals surface area contributed by atoms with Crippen molar-refractivity contribution in [2.24, 2.45) is 11.3 Å². The standard InChI is InChI=1S/C10H19NO2/c1-10(2,9(12)13-4)8-5-6-11(3)7-8/h8H,5-7H2,1-4H3. The van der Waals surface area contributed by atoms with Crippen LogP contribution in [-0.4, -0.2) is 38.1 Å². The molecule has 0 bridgehead atoms. The minimum atomic E-state index is -0.334. The van der Waals surface area contributed by atoms with Crippen molar-refractivity contribution in [2.45, 2.75) is 20.3 Å². The maximum atomic E-state index is 11.5. The van der Waals surface area contributed by atoms with Crippen molar-refractivity contribution in [1.82, 2.24) is 4.90 Å². The lowest BCUT2D eigenvalue weighted by atomic mass is 9.78. The second-order valence-corrected chi connectivity index (χ2v) is 4.46. The molecule has 13 heavy (non-hydrogen) atoms. The molecule has 1 heterocycles. The van der Waals surface area contributed by atoms with Crippen molar-refractivity contribution in [1.29, 1.82) is 0 Å². The van der Waals surface area contributed by atoms with Crippen LogP contribution in [0.4, 0.5) is 0 Å². The van der Waals surface area contributed by atoms with Gasteiger partial charge in [-0.1, -0.05) is 0 Å². The molecule has 1 unspecified atom stereocenters. The molecular weight excluding hydrogens is 166 g/mol. The molecule has 0 N–H and O–H groups in total. The molecule has 1 aliphatic rings. The number of methoxy groups -OCH3 is 1. The molecule has 1 saturated heterocycles. The highest BCUT2D eigenvalue weighted by Crippen LogP contribution is 2.34. The van der Waals surface area contributed by atoms with Gasteiger partial charge in [-0.25, -0.2) is 0 Å². The zero-order valence-corrected chi connectivity index (χ0v) is 8.96. The van der Waals surface area contributed by atoms with E-state index in [1.54, 1.807) is 0 Å². The van der Waals surface area contributed by atoms with E-state index in [2.05, 4.69) is 11.9 Å². The van der Waals surface area contributed by atoms with Crippen LogP contribution in [0.1, 0.15) is 20.3 Å². The number of nitrogens with zero attached hydrogens (tertiary/aromatic N) is 1. The van der Waals surface area contributed by atoms with Crippen LogP contribution in [0, 0.1) is 11.3 Å². The Hall–Kier alpha value is -0.570. The first-order valence-electron chi connectivity index (χ1n) is 4.75. The topological polar surface area (TPSA) is 29.5 Å². The molecule has 3 heteroatoms. The molecular formula is C10H19NO2. The molecule has 3 nitrogen and oxygen atoms in total. The van der Waals surface area contributed by atoms with E-state index >= 15 is 0 Å². The van der Waals surface area contributed by atoms with Gasteiger partial charge < -0.3 is 9.64 Å². The predicted octanol–water partition coefficient (Wildman–Crippen LogP) is 1.14. The fourth-order valence-electron chi connectivity index (χ4n) is 1.95. The van der Waals surface area contributed by atoms with Crippen LogP contribution in [0.2, 0.25) is 0 Å². The maximum absolute atomic E-state index is 11.5. The molecule has 0 aromatic carbocycles. The normalized spacial score (nSPS) is 24.8. The Labute approximate surface area is 80.1 Å². The largest absolute Gasteiger partial charge is 0.469 e. The van der Waals surface area contributed by atoms with Crippen molar-refractivity contribution in [2.75, 3.05) is 27.2 Å². The molecule has 0 aromatic heterocycles. The number of hydrogen-bond acceptors (Lipinski definition) is 3. The second-order valence-electron chi connectivity index (χ2n) is 4.46. The van der Waals surface area contributed by atoms with Gasteiger partial charge in [0.1, 0.15) is 0 Å². The SMILES string of the molecule is COC(=O)C(C)(C)C1CCN(C)C1. The summed E-state index contributed by atoms with van der Waals surface area (Å²) >= 11 is 0. The van der Waals surface area contributed by atoms with Gasteiger partial charge in [0.2, 0.25) is 0 Å². The molecule has 0 spiro atoms. The summed E-state index contributed by atoms with van der Waals surface area (Å²) in [7, 11) is 3.55. The van der Waals surface area contributed by atoms with E-state index in [-0.39, 0.29) is 11.4 Å². The minimum Gasteiger partial charge on any atom is -0.469 e. The maximum Gasteiger partial charge on any atom is 0.311 e. The van der Waals surface area contributed by atoms with Gasteiger partial charge in [0, 0.05) is 6.54 Å². The van der Waals surface area contributed by atoms with Crippen molar-refractivity contribution in [3.63, 3.8) is 0 Å². The molecule has 1 fully saturated rings. The molecule has 76 valence electrons. The fourth-order valence-corrected chi connectivity index (χ4v) is 1.95. The summed E-state index contributed by atoms with van der Waals surface area (Å²) in [5.74, 6) is 0.345. The van der Waals surface area contributed by atoms with Crippen LogP contribution in [0.5, 0.6) is 0 Å². The number of carbonyl (C=O) groups excluding carboxylic acids is 1. The summed E-state index contributed by atoms with van der Waals surface area (Å²) in [5, 5.41) is 0. The number of esters is 1. The van der Waals surface area contributed by atoms with E-state index in [0.717, 1.165) is 19.5 Å². The second kappa shape index (κ2) is 3.66. The molecule has 0 amide bonds. The summed E-state index contributed by atoms with van der Waals surface area (Å²) < 4.78 is 4.81. The van der Waals surface area contributed by atoms with Crippen LogP contribution in [0.15, 0.2) is 0 Å². The van der Waals surface area contributed by atoms with E-state index in [9.17, 15) is 4.79 Å². The summed E-state index contributed by atoms with van der Waals surface area (Å²) in [5.41, 5.74) is -0.334. The minimum absolute atomic E-state index is 0.0900. The highest BCUT2D eigenvalue weighted by atomic mass is 16.5. The van der Waals surface area contributed by atoms with Gasteiger partial charge in [-0.05, 0) is 39.8 Å². The van der Waals surface area contributed by atoms with Gasteiger partial charge in [-0.3, -0.25) is 4.79 Å². The molecule has 0 aromatic rings. The quantitative estimate of drug-likeness (QED) is 0.604. The third-order valence-corrected chi connectivity index (χ3v) is 3.12. The summed E-state index contributed by atoms with van der Waals surface area (Å²) in [4.78, 5) is 13.7. The number of likely N-dealkylation sites (tertiary alicyclic amines) is 1. The molecule has 0 saturated carbocycles. The smallest absolute Gasteiger partial charge is 0.311 e. The Morgan fingerprint density at radius 2 is 2.15 bits per heavy atom.